The molecule has 1 aromatic carbocycles. The quantitative estimate of drug-likeness (QED) is 0.830. The largest absolute Gasteiger partial charge is 0.323 e. The number of hydrogen-bond donors (Lipinski definition) is 2. The van der Waals surface area contributed by atoms with Gasteiger partial charge in [-0.05, 0) is 31.9 Å². The second-order valence-electron chi connectivity index (χ2n) is 6.03. The molecule has 2 aromatic rings. The van der Waals surface area contributed by atoms with Crippen LogP contribution in [0.4, 0.5) is 11.4 Å². The summed E-state index contributed by atoms with van der Waals surface area (Å²) >= 11 is 1.31. The van der Waals surface area contributed by atoms with E-state index in [1.807, 2.05) is 25.1 Å². The molecular formula is C16H17N5O2S. The number of H-pyrrole nitrogens is 1. The fourth-order valence-corrected chi connectivity index (χ4v) is 3.50. The molecule has 0 unspecified atom stereocenters. The van der Waals surface area contributed by atoms with Crippen molar-refractivity contribution in [3.63, 3.8) is 0 Å². The molecular weight excluding hydrogens is 326 g/mol. The van der Waals surface area contributed by atoms with Crippen LogP contribution in [0.3, 0.4) is 0 Å². The maximum atomic E-state index is 12.8. The minimum atomic E-state index is -0.383. The molecule has 1 atom stereocenters. The maximum absolute atomic E-state index is 12.8. The van der Waals surface area contributed by atoms with Gasteiger partial charge in [0, 0.05) is 5.92 Å². The van der Waals surface area contributed by atoms with Crippen molar-refractivity contribution in [2.24, 2.45) is 0 Å². The number of fused-ring (bicyclic) bond motifs is 1. The van der Waals surface area contributed by atoms with Gasteiger partial charge in [0.15, 0.2) is 0 Å². The normalized spacial score (nSPS) is 18.0. The smallest absolute Gasteiger partial charge is 0.244 e. The van der Waals surface area contributed by atoms with Crippen LogP contribution in [0.5, 0.6) is 0 Å². The zero-order valence-corrected chi connectivity index (χ0v) is 14.0. The Morgan fingerprint density at radius 3 is 2.96 bits per heavy atom. The maximum Gasteiger partial charge on any atom is 0.244 e. The lowest BCUT2D eigenvalue weighted by atomic mass is 10.2. The molecule has 1 aliphatic heterocycles. The number of carbonyl (C=O) groups is 2. The predicted octanol–water partition coefficient (Wildman–Crippen LogP) is 2.15. The zero-order valence-electron chi connectivity index (χ0n) is 13.2. The topological polar surface area (TPSA) is 91.0 Å². The van der Waals surface area contributed by atoms with Crippen molar-refractivity contribution < 1.29 is 9.59 Å². The van der Waals surface area contributed by atoms with Gasteiger partial charge in [-0.15, -0.1) is 5.10 Å². The van der Waals surface area contributed by atoms with Crippen LogP contribution in [-0.2, 0) is 9.59 Å². The Hall–Kier alpha value is -2.35. The molecule has 124 valence electrons. The predicted molar refractivity (Wildman–Crippen MR) is 91.1 cm³/mol. The molecule has 8 heteroatoms. The van der Waals surface area contributed by atoms with Crippen LogP contribution in [0.2, 0.25) is 0 Å². The first-order valence-electron chi connectivity index (χ1n) is 7.91. The number of nitrogens with zero attached hydrogens (tertiary/aromatic N) is 3. The van der Waals surface area contributed by atoms with E-state index in [1.165, 1.54) is 16.7 Å². The van der Waals surface area contributed by atoms with Gasteiger partial charge >= 0.3 is 0 Å². The SMILES string of the molecule is C[C@H](Sc1n[nH]c(C2CC2)n1)C(=O)N1CC(=O)Nc2ccccc21. The van der Waals surface area contributed by atoms with E-state index in [0.717, 1.165) is 24.4 Å². The molecule has 1 fully saturated rings. The number of para-hydroxylation sites is 2. The number of nitrogens with one attached hydrogen (secondary N) is 2. The number of benzene rings is 1. The summed E-state index contributed by atoms with van der Waals surface area (Å²) in [6, 6.07) is 7.31. The van der Waals surface area contributed by atoms with E-state index in [2.05, 4.69) is 20.5 Å². The third-order valence-corrected chi connectivity index (χ3v) is 5.06. The summed E-state index contributed by atoms with van der Waals surface area (Å²) < 4.78 is 0. The van der Waals surface area contributed by atoms with Gasteiger partial charge < -0.3 is 5.32 Å². The number of thioether (sulfide) groups is 1. The Labute approximate surface area is 143 Å². The van der Waals surface area contributed by atoms with Crippen LogP contribution >= 0.6 is 11.8 Å². The molecule has 0 saturated heterocycles. The number of aromatic nitrogens is 3. The van der Waals surface area contributed by atoms with E-state index in [9.17, 15) is 9.59 Å². The van der Waals surface area contributed by atoms with Crippen molar-refractivity contribution in [2.75, 3.05) is 16.8 Å². The van der Waals surface area contributed by atoms with Crippen molar-refractivity contribution in [1.82, 2.24) is 15.2 Å². The van der Waals surface area contributed by atoms with Crippen molar-refractivity contribution in [3.8, 4) is 0 Å². The van der Waals surface area contributed by atoms with Crippen molar-refractivity contribution in [2.45, 2.75) is 36.1 Å². The van der Waals surface area contributed by atoms with Crippen molar-refractivity contribution >= 4 is 35.0 Å². The van der Waals surface area contributed by atoms with Gasteiger partial charge in [0.2, 0.25) is 17.0 Å². The Balaban J connectivity index is 1.50. The van der Waals surface area contributed by atoms with E-state index >= 15 is 0 Å². The highest BCUT2D eigenvalue weighted by Crippen LogP contribution is 2.38. The van der Waals surface area contributed by atoms with E-state index < -0.39 is 0 Å². The van der Waals surface area contributed by atoms with Gasteiger partial charge in [-0.25, -0.2) is 4.98 Å². The summed E-state index contributed by atoms with van der Waals surface area (Å²) in [4.78, 5) is 30.7. The Kier molecular flexibility index (Phi) is 3.76. The lowest BCUT2D eigenvalue weighted by Crippen LogP contribution is -2.45. The van der Waals surface area contributed by atoms with Crippen LogP contribution in [0.15, 0.2) is 29.4 Å². The molecule has 4 rings (SSSR count). The summed E-state index contributed by atoms with van der Waals surface area (Å²) in [6.07, 6.45) is 2.29. The molecule has 0 spiro atoms. The zero-order chi connectivity index (χ0) is 16.7. The fourth-order valence-electron chi connectivity index (χ4n) is 2.71. The number of aromatic amines is 1. The lowest BCUT2D eigenvalue weighted by Gasteiger charge is -2.30. The second-order valence-corrected chi connectivity index (χ2v) is 7.34. The first kappa shape index (κ1) is 15.2. The van der Waals surface area contributed by atoms with Gasteiger partial charge in [-0.3, -0.25) is 19.6 Å². The van der Waals surface area contributed by atoms with Gasteiger partial charge in [0.25, 0.3) is 0 Å². The van der Waals surface area contributed by atoms with Crippen LogP contribution in [0, 0.1) is 0 Å². The summed E-state index contributed by atoms with van der Waals surface area (Å²) in [5, 5.41) is 10.1. The second kappa shape index (κ2) is 5.94. The molecule has 2 heterocycles. The highest BCUT2D eigenvalue weighted by Gasteiger charge is 2.31. The summed E-state index contributed by atoms with van der Waals surface area (Å²) in [7, 11) is 0. The molecule has 2 N–H and O–H groups in total. The van der Waals surface area contributed by atoms with E-state index in [0.29, 0.717) is 16.8 Å². The van der Waals surface area contributed by atoms with Crippen LogP contribution in [0.25, 0.3) is 0 Å². The average molecular weight is 343 g/mol. The van der Waals surface area contributed by atoms with E-state index in [4.69, 9.17) is 0 Å². The molecule has 7 nitrogen and oxygen atoms in total. The van der Waals surface area contributed by atoms with Crippen molar-refractivity contribution in [1.29, 1.82) is 0 Å². The number of carbonyl (C=O) groups excluding carboxylic acids is 2. The molecule has 2 aliphatic rings. The number of anilines is 2. The molecule has 1 saturated carbocycles. The molecule has 0 bridgehead atoms. The number of hydrogen-bond acceptors (Lipinski definition) is 5. The first-order chi connectivity index (χ1) is 11.6. The molecule has 1 aromatic heterocycles. The summed E-state index contributed by atoms with van der Waals surface area (Å²) in [5.41, 5.74) is 1.39. The lowest BCUT2D eigenvalue weighted by molar-refractivity contribution is -0.121. The minimum Gasteiger partial charge on any atom is -0.323 e. The third-order valence-electron chi connectivity index (χ3n) is 4.11. The summed E-state index contributed by atoms with van der Waals surface area (Å²) in [6.45, 7) is 1.84. The molecule has 2 amide bonds. The first-order valence-corrected chi connectivity index (χ1v) is 8.79. The monoisotopic (exact) mass is 343 g/mol. The fraction of sp³-hybridized carbons (Fsp3) is 0.375. The highest BCUT2D eigenvalue weighted by atomic mass is 32.2. The number of amides is 2. The molecule has 24 heavy (non-hydrogen) atoms. The average Bonchev–Trinajstić information content (AvgIpc) is 3.33. The van der Waals surface area contributed by atoms with Crippen LogP contribution < -0.4 is 10.2 Å². The summed E-state index contributed by atoms with van der Waals surface area (Å²) in [5.74, 6) is 1.09. The molecule has 0 radical (unpaired) electrons. The van der Waals surface area contributed by atoms with Gasteiger partial charge in [-0.1, -0.05) is 23.9 Å². The molecule has 1 aliphatic carbocycles. The van der Waals surface area contributed by atoms with Crippen LogP contribution in [0.1, 0.15) is 31.5 Å². The number of rotatable bonds is 4. The van der Waals surface area contributed by atoms with E-state index in [1.54, 1.807) is 6.07 Å². The van der Waals surface area contributed by atoms with Crippen LogP contribution in [-0.4, -0.2) is 38.8 Å². The Bertz CT molecular complexity index is 801. The minimum absolute atomic E-state index is 0.0298. The van der Waals surface area contributed by atoms with Gasteiger partial charge in [0.1, 0.15) is 12.4 Å². The third kappa shape index (κ3) is 2.89. The van der Waals surface area contributed by atoms with Gasteiger partial charge in [0.05, 0.1) is 16.6 Å². The van der Waals surface area contributed by atoms with E-state index in [-0.39, 0.29) is 23.6 Å². The van der Waals surface area contributed by atoms with Gasteiger partial charge in [-0.2, -0.15) is 0 Å². The Morgan fingerprint density at radius 2 is 2.17 bits per heavy atom. The Morgan fingerprint density at radius 1 is 1.38 bits per heavy atom. The highest BCUT2D eigenvalue weighted by molar-refractivity contribution is 8.00. The van der Waals surface area contributed by atoms with Crippen molar-refractivity contribution in [3.05, 3.63) is 30.1 Å². The standard InChI is InChI=1S/C16H17N5O2S/c1-9(24-16-18-14(19-20-16)10-6-7-10)15(23)21-8-13(22)17-11-4-2-3-5-12(11)21/h2-5,9-10H,6-8H2,1H3,(H,17,22)(H,18,19,20)/t9-/m0/s1.